The van der Waals surface area contributed by atoms with E-state index in [4.69, 9.17) is 0 Å². The van der Waals surface area contributed by atoms with Gasteiger partial charge in [0.2, 0.25) is 0 Å². The highest BCUT2D eigenvalue weighted by molar-refractivity contribution is 9.10. The fraction of sp³-hybridized carbons (Fsp3) is 0.200. The van der Waals surface area contributed by atoms with Gasteiger partial charge in [0.05, 0.1) is 0 Å². The Morgan fingerprint density at radius 2 is 2.12 bits per heavy atom. The zero-order valence-corrected chi connectivity index (χ0v) is 11.2. The summed E-state index contributed by atoms with van der Waals surface area (Å²) in [6, 6.07) is 8.00. The summed E-state index contributed by atoms with van der Waals surface area (Å²) in [6.07, 6.45) is 7.18. The smallest absolute Gasteiger partial charge is 0.0391 e. The van der Waals surface area contributed by atoms with Crippen molar-refractivity contribution in [2.75, 3.05) is 0 Å². The van der Waals surface area contributed by atoms with Crippen LogP contribution in [0.3, 0.4) is 0 Å². The van der Waals surface area contributed by atoms with Gasteiger partial charge in [-0.25, -0.2) is 0 Å². The lowest BCUT2D eigenvalue weighted by Gasteiger charge is -1.93. The van der Waals surface area contributed by atoms with Crippen LogP contribution in [0, 0.1) is 11.8 Å². The third kappa shape index (κ3) is 4.08. The number of allylic oxidation sites excluding steroid dienone is 4. The van der Waals surface area contributed by atoms with Crippen molar-refractivity contribution in [1.29, 1.82) is 0 Å². The van der Waals surface area contributed by atoms with Crippen molar-refractivity contribution in [3.8, 4) is 11.8 Å². The van der Waals surface area contributed by atoms with Gasteiger partial charge in [-0.3, -0.25) is 0 Å². The molecule has 0 radical (unpaired) electrons. The minimum absolute atomic E-state index is 1.00. The molecule has 1 rings (SSSR count). The molecule has 0 amide bonds. The summed E-state index contributed by atoms with van der Waals surface area (Å²) in [7, 11) is 0. The first-order valence-corrected chi connectivity index (χ1v) is 6.16. The molecule has 1 heteroatoms. The molecule has 1 aromatic rings. The van der Waals surface area contributed by atoms with E-state index in [2.05, 4.69) is 40.8 Å². The minimum Gasteiger partial charge on any atom is -0.0864 e. The van der Waals surface area contributed by atoms with E-state index in [1.54, 1.807) is 0 Å². The van der Waals surface area contributed by atoms with Crippen LogP contribution >= 0.6 is 15.9 Å². The zero-order chi connectivity index (χ0) is 11.8. The lowest BCUT2D eigenvalue weighted by Crippen LogP contribution is -1.77. The van der Waals surface area contributed by atoms with Crippen molar-refractivity contribution in [2.24, 2.45) is 0 Å². The molecule has 0 aliphatic heterocycles. The SMILES string of the molecule is C/C=C\C(C#Cc1ccccc1Br)=C/CC. The first kappa shape index (κ1) is 12.8. The van der Waals surface area contributed by atoms with Crippen molar-refractivity contribution in [1.82, 2.24) is 0 Å². The van der Waals surface area contributed by atoms with E-state index >= 15 is 0 Å². The molecule has 0 spiro atoms. The third-order valence-corrected chi connectivity index (χ3v) is 2.68. The molecule has 0 fully saturated rings. The van der Waals surface area contributed by atoms with E-state index in [0.29, 0.717) is 0 Å². The second-order valence-corrected chi connectivity index (χ2v) is 4.15. The highest BCUT2D eigenvalue weighted by Gasteiger charge is 1.92. The zero-order valence-electron chi connectivity index (χ0n) is 9.63. The van der Waals surface area contributed by atoms with Gasteiger partial charge in [-0.05, 0) is 41.4 Å². The molecule has 0 aliphatic rings. The maximum Gasteiger partial charge on any atom is 0.0391 e. The summed E-state index contributed by atoms with van der Waals surface area (Å²) in [5.74, 6) is 6.34. The predicted octanol–water partition coefficient (Wildman–Crippen LogP) is 4.71. The average molecular weight is 275 g/mol. The molecule has 1 aromatic carbocycles. The fourth-order valence-electron chi connectivity index (χ4n) is 1.26. The average Bonchev–Trinajstić information content (AvgIpc) is 2.28. The van der Waals surface area contributed by atoms with Gasteiger partial charge in [0.15, 0.2) is 0 Å². The summed E-state index contributed by atoms with van der Waals surface area (Å²) < 4.78 is 1.04. The number of halogens is 1. The molecule has 82 valence electrons. The van der Waals surface area contributed by atoms with Gasteiger partial charge >= 0.3 is 0 Å². The van der Waals surface area contributed by atoms with Gasteiger partial charge in [0.25, 0.3) is 0 Å². The second kappa shape index (κ2) is 7.09. The lowest BCUT2D eigenvalue weighted by atomic mass is 10.1. The van der Waals surface area contributed by atoms with Crippen molar-refractivity contribution in [3.05, 3.63) is 58.1 Å². The van der Waals surface area contributed by atoms with E-state index in [-0.39, 0.29) is 0 Å². The molecule has 0 aliphatic carbocycles. The van der Waals surface area contributed by atoms with Crippen LogP contribution in [0.15, 0.2) is 52.5 Å². The molecule has 16 heavy (non-hydrogen) atoms. The Hall–Kier alpha value is -1.26. The molecule has 0 heterocycles. The Morgan fingerprint density at radius 3 is 2.75 bits per heavy atom. The van der Waals surface area contributed by atoms with Gasteiger partial charge in [-0.2, -0.15) is 0 Å². The van der Waals surface area contributed by atoms with Gasteiger partial charge < -0.3 is 0 Å². The van der Waals surface area contributed by atoms with Crippen molar-refractivity contribution < 1.29 is 0 Å². The van der Waals surface area contributed by atoms with Crippen LogP contribution in [-0.2, 0) is 0 Å². The van der Waals surface area contributed by atoms with Gasteiger partial charge in [0, 0.05) is 15.6 Å². The van der Waals surface area contributed by atoms with Gasteiger partial charge in [0.1, 0.15) is 0 Å². The first-order chi connectivity index (χ1) is 7.77. The Morgan fingerprint density at radius 1 is 1.38 bits per heavy atom. The van der Waals surface area contributed by atoms with Crippen LogP contribution in [0.2, 0.25) is 0 Å². The minimum atomic E-state index is 1.00. The lowest BCUT2D eigenvalue weighted by molar-refractivity contribution is 1.21. The van der Waals surface area contributed by atoms with E-state index in [1.807, 2.05) is 43.3 Å². The molecular formula is C15H15Br. The molecule has 0 unspecified atom stereocenters. The molecule has 0 atom stereocenters. The number of hydrogen-bond donors (Lipinski definition) is 0. The molecule has 0 aromatic heterocycles. The Labute approximate surface area is 106 Å². The van der Waals surface area contributed by atoms with Crippen LogP contribution in [0.5, 0.6) is 0 Å². The largest absolute Gasteiger partial charge is 0.0864 e. The second-order valence-electron chi connectivity index (χ2n) is 3.30. The van der Waals surface area contributed by atoms with Crippen molar-refractivity contribution in [2.45, 2.75) is 20.3 Å². The molecule has 0 N–H and O–H groups in total. The van der Waals surface area contributed by atoms with Crippen LogP contribution < -0.4 is 0 Å². The fourth-order valence-corrected chi connectivity index (χ4v) is 1.65. The highest BCUT2D eigenvalue weighted by Crippen LogP contribution is 2.14. The number of benzene rings is 1. The standard InChI is InChI=1S/C15H15Br/c1-3-7-13(8-4-2)11-12-14-9-5-6-10-15(14)16/h3,5-10H,4H2,1-2H3/b7-3-,13-8+. The monoisotopic (exact) mass is 274 g/mol. The molecule has 0 bridgehead atoms. The topological polar surface area (TPSA) is 0 Å². The van der Waals surface area contributed by atoms with Crippen LogP contribution in [0.1, 0.15) is 25.8 Å². The van der Waals surface area contributed by atoms with Crippen LogP contribution in [-0.4, -0.2) is 0 Å². The molecule has 0 saturated heterocycles. The van der Waals surface area contributed by atoms with E-state index < -0.39 is 0 Å². The van der Waals surface area contributed by atoms with Crippen LogP contribution in [0.25, 0.3) is 0 Å². The quantitative estimate of drug-likeness (QED) is 0.541. The normalized spacial score (nSPS) is 11.3. The molecule has 0 nitrogen and oxygen atoms in total. The van der Waals surface area contributed by atoms with Gasteiger partial charge in [-0.1, -0.05) is 49.1 Å². The number of hydrogen-bond acceptors (Lipinski definition) is 0. The van der Waals surface area contributed by atoms with Crippen LogP contribution in [0.4, 0.5) is 0 Å². The van der Waals surface area contributed by atoms with E-state index in [1.165, 1.54) is 0 Å². The third-order valence-electron chi connectivity index (χ3n) is 1.99. The summed E-state index contributed by atoms with van der Waals surface area (Å²) in [5.41, 5.74) is 2.09. The highest BCUT2D eigenvalue weighted by atomic mass is 79.9. The Kier molecular flexibility index (Phi) is 5.67. The maximum absolute atomic E-state index is 3.48. The summed E-state index contributed by atoms with van der Waals surface area (Å²) in [6.45, 7) is 4.12. The Balaban J connectivity index is 2.96. The first-order valence-electron chi connectivity index (χ1n) is 5.37. The molecular weight excluding hydrogens is 260 g/mol. The van der Waals surface area contributed by atoms with Crippen molar-refractivity contribution >= 4 is 15.9 Å². The van der Waals surface area contributed by atoms with Crippen molar-refractivity contribution in [3.63, 3.8) is 0 Å². The molecule has 0 saturated carbocycles. The van der Waals surface area contributed by atoms with E-state index in [0.717, 1.165) is 22.0 Å². The summed E-state index contributed by atoms with van der Waals surface area (Å²) >= 11 is 3.48. The van der Waals surface area contributed by atoms with Gasteiger partial charge in [-0.15, -0.1) is 0 Å². The number of rotatable bonds is 2. The summed E-state index contributed by atoms with van der Waals surface area (Å²) in [5, 5.41) is 0. The van der Waals surface area contributed by atoms with E-state index in [9.17, 15) is 0 Å². The Bertz CT molecular complexity index is 456. The summed E-state index contributed by atoms with van der Waals surface area (Å²) in [4.78, 5) is 0. The predicted molar refractivity (Wildman–Crippen MR) is 74.2 cm³/mol. The maximum atomic E-state index is 3.48.